The Morgan fingerprint density at radius 1 is 1.04 bits per heavy atom. The molecule has 3 N–H and O–H groups in total. The van der Waals surface area contributed by atoms with Gasteiger partial charge in [0.2, 0.25) is 0 Å². The summed E-state index contributed by atoms with van der Waals surface area (Å²) < 4.78 is 0. The van der Waals surface area contributed by atoms with Crippen molar-refractivity contribution in [1.29, 1.82) is 0 Å². The first-order valence-corrected chi connectivity index (χ1v) is 11.8. The van der Waals surface area contributed by atoms with Crippen LogP contribution < -0.4 is 0 Å². The molecule has 4 aliphatic carbocycles. The lowest BCUT2D eigenvalue weighted by Gasteiger charge is -2.62. The molecule has 0 bridgehead atoms. The second-order valence-corrected chi connectivity index (χ2v) is 11.3. The van der Waals surface area contributed by atoms with Crippen LogP contribution in [0, 0.1) is 46.3 Å². The van der Waals surface area contributed by atoms with Crippen LogP contribution in [0.1, 0.15) is 85.0 Å². The summed E-state index contributed by atoms with van der Waals surface area (Å²) in [7, 11) is 0. The van der Waals surface area contributed by atoms with Gasteiger partial charge in [-0.05, 0) is 104 Å². The van der Waals surface area contributed by atoms with E-state index >= 15 is 0 Å². The third-order valence-corrected chi connectivity index (χ3v) is 10.3. The summed E-state index contributed by atoms with van der Waals surface area (Å²) in [5, 5.41) is 30.8. The summed E-state index contributed by atoms with van der Waals surface area (Å²) in [5.41, 5.74) is 0.216. The van der Waals surface area contributed by atoms with E-state index < -0.39 is 5.97 Å². The third-order valence-electron chi connectivity index (χ3n) is 10.3. The van der Waals surface area contributed by atoms with Crippen molar-refractivity contribution in [3.05, 3.63) is 0 Å². The van der Waals surface area contributed by atoms with Crippen molar-refractivity contribution in [2.45, 2.75) is 97.2 Å². The maximum atomic E-state index is 11.5. The molecular weight excluding hydrogens is 352 g/mol. The largest absolute Gasteiger partial charge is 0.481 e. The van der Waals surface area contributed by atoms with Gasteiger partial charge in [0.25, 0.3) is 0 Å². The first-order valence-electron chi connectivity index (χ1n) is 11.8. The van der Waals surface area contributed by atoms with Crippen LogP contribution in [0.2, 0.25) is 0 Å². The van der Waals surface area contributed by atoms with Crippen LogP contribution >= 0.6 is 0 Å². The third kappa shape index (κ3) is 3.05. The Morgan fingerprint density at radius 2 is 1.79 bits per heavy atom. The van der Waals surface area contributed by atoms with Crippen molar-refractivity contribution < 1.29 is 20.1 Å². The lowest BCUT2D eigenvalue weighted by Crippen LogP contribution is -2.58. The highest BCUT2D eigenvalue weighted by Gasteiger charge is 2.63. The molecule has 0 unspecified atom stereocenters. The fourth-order valence-corrected chi connectivity index (χ4v) is 8.71. The second-order valence-electron chi connectivity index (χ2n) is 11.3. The molecule has 0 spiro atoms. The Balaban J connectivity index is 1.56. The average Bonchev–Trinajstić information content (AvgIpc) is 3.00. The maximum absolute atomic E-state index is 11.5. The minimum absolute atomic E-state index is 0.0591. The summed E-state index contributed by atoms with van der Waals surface area (Å²) in [4.78, 5) is 11.1. The van der Waals surface area contributed by atoms with Gasteiger partial charge in [0.05, 0.1) is 12.2 Å². The summed E-state index contributed by atoms with van der Waals surface area (Å²) in [6.45, 7) is 6.99. The van der Waals surface area contributed by atoms with Gasteiger partial charge in [-0.2, -0.15) is 0 Å². The molecule has 0 saturated heterocycles. The van der Waals surface area contributed by atoms with E-state index in [1.54, 1.807) is 0 Å². The minimum Gasteiger partial charge on any atom is -0.481 e. The second kappa shape index (κ2) is 7.27. The lowest BCUT2D eigenvalue weighted by atomic mass is 9.43. The average molecular weight is 393 g/mol. The Kier molecular flexibility index (Phi) is 5.36. The Labute approximate surface area is 170 Å². The molecule has 4 rings (SSSR count). The fourth-order valence-electron chi connectivity index (χ4n) is 8.71. The molecule has 160 valence electrons. The summed E-state index contributed by atoms with van der Waals surface area (Å²) >= 11 is 0. The zero-order chi connectivity index (χ0) is 20.3. The minimum atomic E-state index is -0.707. The van der Waals surface area contributed by atoms with Crippen molar-refractivity contribution in [3.8, 4) is 0 Å². The van der Waals surface area contributed by atoms with Crippen LogP contribution in [0.4, 0.5) is 0 Å². The van der Waals surface area contributed by atoms with Crippen LogP contribution in [-0.4, -0.2) is 33.5 Å². The predicted octanol–water partition coefficient (Wildman–Crippen LogP) is 4.48. The molecule has 4 nitrogen and oxygen atoms in total. The maximum Gasteiger partial charge on any atom is 0.303 e. The molecule has 10 atom stereocenters. The van der Waals surface area contributed by atoms with Crippen LogP contribution in [0.5, 0.6) is 0 Å². The monoisotopic (exact) mass is 392 g/mol. The van der Waals surface area contributed by atoms with E-state index in [0.29, 0.717) is 35.5 Å². The van der Waals surface area contributed by atoms with E-state index in [2.05, 4.69) is 20.8 Å². The molecule has 0 aromatic rings. The Morgan fingerprint density at radius 3 is 2.50 bits per heavy atom. The van der Waals surface area contributed by atoms with Crippen molar-refractivity contribution in [2.24, 2.45) is 46.3 Å². The number of fused-ring (bicyclic) bond motifs is 5. The molecule has 0 amide bonds. The van der Waals surface area contributed by atoms with E-state index in [1.165, 1.54) is 19.3 Å². The highest BCUT2D eigenvalue weighted by atomic mass is 16.4. The van der Waals surface area contributed by atoms with Crippen LogP contribution in [0.25, 0.3) is 0 Å². The molecule has 28 heavy (non-hydrogen) atoms. The number of aliphatic hydroxyl groups excluding tert-OH is 2. The smallest absolute Gasteiger partial charge is 0.303 e. The first kappa shape index (κ1) is 20.7. The van der Waals surface area contributed by atoms with Gasteiger partial charge in [0.15, 0.2) is 0 Å². The Bertz CT molecular complexity index is 605. The van der Waals surface area contributed by atoms with Gasteiger partial charge in [-0.25, -0.2) is 0 Å². The molecule has 0 aromatic heterocycles. The molecule has 4 fully saturated rings. The highest BCUT2D eigenvalue weighted by molar-refractivity contribution is 5.66. The Hall–Kier alpha value is -0.610. The molecule has 0 aliphatic heterocycles. The van der Waals surface area contributed by atoms with E-state index in [0.717, 1.165) is 38.5 Å². The zero-order valence-electron chi connectivity index (χ0n) is 17.9. The number of carboxylic acid groups (broad SMARTS) is 1. The van der Waals surface area contributed by atoms with Crippen molar-refractivity contribution in [2.75, 3.05) is 0 Å². The molecule has 4 aliphatic rings. The first-order chi connectivity index (χ1) is 13.2. The van der Waals surface area contributed by atoms with E-state index in [-0.39, 0.29) is 29.5 Å². The SMILES string of the molecule is C[C@@H](CCC(=O)O)[C@@H]1CC[C@H]2[C@@H]3CC[C@@H]4C[C@H](O)CC[C@]4(C)[C@H]3C[C@H](O)[C@@]21C. The van der Waals surface area contributed by atoms with Crippen molar-refractivity contribution >= 4 is 5.97 Å². The van der Waals surface area contributed by atoms with Crippen LogP contribution in [0.15, 0.2) is 0 Å². The van der Waals surface area contributed by atoms with E-state index in [9.17, 15) is 15.0 Å². The van der Waals surface area contributed by atoms with Crippen molar-refractivity contribution in [1.82, 2.24) is 0 Å². The van der Waals surface area contributed by atoms with Crippen molar-refractivity contribution in [3.63, 3.8) is 0 Å². The van der Waals surface area contributed by atoms with Gasteiger partial charge in [-0.15, -0.1) is 0 Å². The van der Waals surface area contributed by atoms with E-state index in [1.807, 2.05) is 0 Å². The number of carboxylic acids is 1. The zero-order valence-corrected chi connectivity index (χ0v) is 17.9. The molecule has 4 saturated carbocycles. The normalized spacial score (nSPS) is 51.7. The molecule has 0 radical (unpaired) electrons. The number of rotatable bonds is 4. The van der Waals surface area contributed by atoms with Gasteiger partial charge in [0, 0.05) is 6.42 Å². The van der Waals surface area contributed by atoms with Crippen LogP contribution in [0.3, 0.4) is 0 Å². The number of hydrogen-bond donors (Lipinski definition) is 3. The van der Waals surface area contributed by atoms with Gasteiger partial charge >= 0.3 is 5.97 Å². The van der Waals surface area contributed by atoms with Gasteiger partial charge in [0.1, 0.15) is 0 Å². The standard InChI is InChI=1S/C24H40O4/c1-14(4-9-22(27)28)18-7-8-19-17-6-5-15-12-16(25)10-11-23(15,2)20(17)13-21(26)24(18,19)3/h14-21,25-26H,4-13H2,1-3H3,(H,27,28)/t14-,15+,16+,17-,18-,19-,20-,21-,23-,24+/m0/s1. The number of hydrogen-bond acceptors (Lipinski definition) is 3. The summed E-state index contributed by atoms with van der Waals surface area (Å²) in [6.07, 6.45) is 9.26. The molecule has 0 aromatic carbocycles. The number of aliphatic carboxylic acids is 1. The van der Waals surface area contributed by atoms with Crippen LogP contribution in [-0.2, 0) is 4.79 Å². The fraction of sp³-hybridized carbons (Fsp3) is 0.958. The van der Waals surface area contributed by atoms with E-state index in [4.69, 9.17) is 5.11 Å². The molecular formula is C24H40O4. The quantitative estimate of drug-likeness (QED) is 0.659. The summed E-state index contributed by atoms with van der Waals surface area (Å²) in [5.74, 6) is 2.55. The number of aliphatic hydroxyl groups is 2. The van der Waals surface area contributed by atoms with Gasteiger partial charge < -0.3 is 15.3 Å². The van der Waals surface area contributed by atoms with Gasteiger partial charge in [-0.3, -0.25) is 4.79 Å². The lowest BCUT2D eigenvalue weighted by molar-refractivity contribution is -0.175. The number of carbonyl (C=O) groups is 1. The molecule has 0 heterocycles. The summed E-state index contributed by atoms with van der Waals surface area (Å²) in [6, 6.07) is 0. The molecule has 4 heteroatoms. The topological polar surface area (TPSA) is 77.8 Å². The predicted molar refractivity (Wildman–Crippen MR) is 109 cm³/mol. The highest BCUT2D eigenvalue weighted by Crippen LogP contribution is 2.68. The van der Waals surface area contributed by atoms with Gasteiger partial charge in [-0.1, -0.05) is 20.8 Å².